The van der Waals surface area contributed by atoms with E-state index in [1.54, 1.807) is 11.0 Å². The van der Waals surface area contributed by atoms with E-state index in [1.165, 1.54) is 0 Å². The van der Waals surface area contributed by atoms with Crippen LogP contribution < -0.4 is 15.4 Å². The Morgan fingerprint density at radius 3 is 2.75 bits per heavy atom. The molecule has 2 N–H and O–H groups in total. The monoisotopic (exact) mass is 687 g/mol. The van der Waals surface area contributed by atoms with Gasteiger partial charge in [-0.3, -0.25) is 4.90 Å². The van der Waals surface area contributed by atoms with Gasteiger partial charge in [-0.05, 0) is 37.1 Å². The second-order valence-electron chi connectivity index (χ2n) is 12.2. The van der Waals surface area contributed by atoms with Gasteiger partial charge in [0.2, 0.25) is 0 Å². The van der Waals surface area contributed by atoms with Crippen molar-refractivity contribution in [3.63, 3.8) is 0 Å². The Kier molecular flexibility index (Phi) is 8.01. The number of nitrogen functional groups attached to an aromatic ring is 1. The van der Waals surface area contributed by atoms with Crippen molar-refractivity contribution >= 4 is 43.1 Å². The first-order chi connectivity index (χ1) is 23.0. The Labute approximate surface area is 274 Å². The lowest BCUT2D eigenvalue weighted by Gasteiger charge is -2.36. The van der Waals surface area contributed by atoms with Crippen LogP contribution in [0.15, 0.2) is 18.2 Å². The quantitative estimate of drug-likeness (QED) is 0.232. The molecule has 48 heavy (non-hydrogen) atoms. The largest absolute Gasteiger partial charge is 0.461 e. The molecule has 2 aromatic heterocycles. The van der Waals surface area contributed by atoms with Crippen molar-refractivity contribution in [2.24, 2.45) is 0 Å². The molecule has 0 aliphatic carbocycles. The summed E-state index contributed by atoms with van der Waals surface area (Å²) >= 11 is 0.671. The highest BCUT2D eigenvalue weighted by atomic mass is 32.1. The minimum Gasteiger partial charge on any atom is -0.461 e. The molecule has 0 bridgehead atoms. The fraction of sp³-hybridized carbons (Fsp3) is 0.438. The van der Waals surface area contributed by atoms with Crippen molar-refractivity contribution in [1.29, 1.82) is 10.5 Å². The van der Waals surface area contributed by atoms with Crippen LogP contribution in [0.1, 0.15) is 36.8 Å². The number of nitrogens with zero attached hydrogens (tertiary/aromatic N) is 6. The number of morpholine rings is 1. The Balaban J connectivity index is 1.48. The van der Waals surface area contributed by atoms with Gasteiger partial charge in [0, 0.05) is 35.8 Å². The molecule has 0 amide bonds. The molecule has 0 spiro atoms. The number of ether oxygens (including phenoxy) is 2. The van der Waals surface area contributed by atoms with E-state index in [1.807, 2.05) is 11.0 Å². The van der Waals surface area contributed by atoms with Crippen LogP contribution in [-0.2, 0) is 10.9 Å². The number of benzene rings is 2. The van der Waals surface area contributed by atoms with E-state index in [9.17, 15) is 32.5 Å². The number of aromatic nitrogens is 2. The summed E-state index contributed by atoms with van der Waals surface area (Å²) in [5.41, 5.74) is 1.77. The number of thiophene rings is 1. The standard InChI is InChI=1S/C32H27F6N7O2S/c33-16-11-31(5-1-7-44(31)13-16)15-47-30-42-26-19(29(43-30)45-8-9-46-14-17(45)4-6-39)10-21(32(36,37)38)24(25(26)35)18-2-3-22(34)27-23(18)20(12-40)28(41)48-27/h2-3,10,16-17H,1,4-5,7-9,11,13-15,41H2/t16-,17-,31+/m1/s1. The van der Waals surface area contributed by atoms with Crippen molar-refractivity contribution < 1.29 is 35.8 Å². The Bertz CT molecular complexity index is 2030. The zero-order valence-corrected chi connectivity index (χ0v) is 26.0. The third-order valence-electron chi connectivity index (χ3n) is 9.45. The molecule has 4 aromatic rings. The normalized spacial score (nSPS) is 23.0. The van der Waals surface area contributed by atoms with E-state index >= 15 is 4.39 Å². The summed E-state index contributed by atoms with van der Waals surface area (Å²) in [7, 11) is 0. The van der Waals surface area contributed by atoms with Crippen LogP contribution in [0.5, 0.6) is 6.01 Å². The maximum atomic E-state index is 17.0. The smallest absolute Gasteiger partial charge is 0.417 e. The molecule has 3 saturated heterocycles. The number of anilines is 2. The topological polar surface area (TPSA) is 124 Å². The highest BCUT2D eigenvalue weighted by Crippen LogP contribution is 2.48. The molecule has 9 nitrogen and oxygen atoms in total. The summed E-state index contributed by atoms with van der Waals surface area (Å²) in [5, 5.41) is 18.6. The van der Waals surface area contributed by atoms with Gasteiger partial charge in [0.15, 0.2) is 5.82 Å². The van der Waals surface area contributed by atoms with Gasteiger partial charge in [-0.1, -0.05) is 6.07 Å². The minimum absolute atomic E-state index is 0.0312. The first-order valence-electron chi connectivity index (χ1n) is 15.2. The van der Waals surface area contributed by atoms with Gasteiger partial charge in [0.05, 0.1) is 53.1 Å². The SMILES string of the molecule is N#CC[C@@H]1COCCN1c1nc(OC[C@@]23CCCN2C[C@H](F)C3)nc2c(F)c(-c3ccc(F)c4sc(N)c(C#N)c34)c(C(F)(F)F)cc12. The Hall–Kier alpha value is -4.38. The van der Waals surface area contributed by atoms with Crippen molar-refractivity contribution in [2.45, 2.75) is 49.6 Å². The van der Waals surface area contributed by atoms with Gasteiger partial charge in [-0.15, -0.1) is 11.3 Å². The maximum absolute atomic E-state index is 17.0. The van der Waals surface area contributed by atoms with E-state index in [4.69, 9.17) is 15.2 Å². The molecule has 2 aromatic carbocycles. The van der Waals surface area contributed by atoms with E-state index < -0.39 is 52.2 Å². The van der Waals surface area contributed by atoms with Crippen molar-refractivity contribution in [3.05, 3.63) is 41.0 Å². The van der Waals surface area contributed by atoms with Gasteiger partial charge in [0.25, 0.3) is 0 Å². The van der Waals surface area contributed by atoms with Gasteiger partial charge in [0.1, 0.15) is 41.0 Å². The first-order valence-corrected chi connectivity index (χ1v) is 16.0. The molecule has 3 aliphatic heterocycles. The molecular formula is C32H27F6N7O2S. The molecule has 250 valence electrons. The number of hydrogen-bond donors (Lipinski definition) is 1. The van der Waals surface area contributed by atoms with Gasteiger partial charge in [-0.2, -0.15) is 33.7 Å². The maximum Gasteiger partial charge on any atom is 0.417 e. The predicted molar refractivity (Wildman–Crippen MR) is 165 cm³/mol. The molecule has 0 unspecified atom stereocenters. The Morgan fingerprint density at radius 1 is 1.19 bits per heavy atom. The first kappa shape index (κ1) is 32.2. The highest BCUT2D eigenvalue weighted by molar-refractivity contribution is 7.23. The summed E-state index contributed by atoms with van der Waals surface area (Å²) in [4.78, 5) is 12.3. The molecule has 5 heterocycles. The van der Waals surface area contributed by atoms with E-state index in [0.717, 1.165) is 24.6 Å². The summed E-state index contributed by atoms with van der Waals surface area (Å²) in [6.07, 6.45) is -4.54. The molecule has 7 rings (SSSR count). The minimum atomic E-state index is -5.13. The lowest BCUT2D eigenvalue weighted by Crippen LogP contribution is -2.46. The highest BCUT2D eigenvalue weighted by Gasteiger charge is 2.49. The number of halogens is 6. The summed E-state index contributed by atoms with van der Waals surface area (Å²) in [6, 6.07) is 5.49. The molecular weight excluding hydrogens is 660 g/mol. The average molecular weight is 688 g/mol. The molecule has 0 saturated carbocycles. The van der Waals surface area contributed by atoms with Crippen molar-refractivity contribution in [3.8, 4) is 29.3 Å². The van der Waals surface area contributed by atoms with Crippen LogP contribution in [0.25, 0.3) is 32.1 Å². The third-order valence-corrected chi connectivity index (χ3v) is 10.5. The summed E-state index contributed by atoms with van der Waals surface area (Å²) < 4.78 is 102. The van der Waals surface area contributed by atoms with E-state index in [0.29, 0.717) is 24.3 Å². The average Bonchev–Trinajstić information content (AvgIpc) is 3.69. The lowest BCUT2D eigenvalue weighted by molar-refractivity contribution is -0.137. The fourth-order valence-corrected chi connectivity index (χ4v) is 8.28. The number of nitriles is 2. The molecule has 3 fully saturated rings. The van der Waals surface area contributed by atoms with E-state index in [-0.39, 0.29) is 89.2 Å². The molecule has 0 radical (unpaired) electrons. The van der Waals surface area contributed by atoms with Crippen LogP contribution >= 0.6 is 11.3 Å². The molecule has 3 aliphatic rings. The van der Waals surface area contributed by atoms with Crippen molar-refractivity contribution in [2.75, 3.05) is 50.1 Å². The zero-order chi connectivity index (χ0) is 34.0. The van der Waals surface area contributed by atoms with E-state index in [2.05, 4.69) is 9.97 Å². The molecule has 3 atom stereocenters. The van der Waals surface area contributed by atoms with Gasteiger partial charge >= 0.3 is 12.2 Å². The summed E-state index contributed by atoms with van der Waals surface area (Å²) in [5.74, 6) is -2.32. The second kappa shape index (κ2) is 11.9. The van der Waals surface area contributed by atoms with Crippen LogP contribution in [0, 0.1) is 34.3 Å². The van der Waals surface area contributed by atoms with Crippen LogP contribution in [0.2, 0.25) is 0 Å². The van der Waals surface area contributed by atoms with Crippen molar-refractivity contribution in [1.82, 2.24) is 14.9 Å². The lowest BCUT2D eigenvalue weighted by atomic mass is 9.92. The van der Waals surface area contributed by atoms with Gasteiger partial charge < -0.3 is 20.1 Å². The third kappa shape index (κ3) is 5.23. The van der Waals surface area contributed by atoms with Crippen LogP contribution in [-0.4, -0.2) is 72.1 Å². The zero-order valence-electron chi connectivity index (χ0n) is 25.2. The molecule has 16 heteroatoms. The van der Waals surface area contributed by atoms with Crippen LogP contribution in [0.3, 0.4) is 0 Å². The second-order valence-corrected chi connectivity index (χ2v) is 13.3. The predicted octanol–water partition coefficient (Wildman–Crippen LogP) is 6.34. The van der Waals surface area contributed by atoms with Crippen LogP contribution in [0.4, 0.5) is 37.2 Å². The number of nitrogens with two attached hydrogens (primary N) is 1. The summed E-state index contributed by atoms with van der Waals surface area (Å²) in [6.45, 7) is 1.26. The number of alkyl halides is 4. The number of fused-ring (bicyclic) bond motifs is 3. The fourth-order valence-electron chi connectivity index (χ4n) is 7.33. The number of hydrogen-bond acceptors (Lipinski definition) is 10. The number of rotatable bonds is 6. The Morgan fingerprint density at radius 2 is 2.00 bits per heavy atom. The van der Waals surface area contributed by atoms with Gasteiger partial charge in [-0.25, -0.2) is 13.2 Å².